The molecule has 1 amide bonds. The Labute approximate surface area is 340 Å². The average Bonchev–Trinajstić information content (AvgIpc) is 3.76. The Morgan fingerprint density at radius 2 is 1.28 bits per heavy atom. The molecule has 0 N–H and O–H groups in total. The van der Waals surface area contributed by atoms with Crippen LogP contribution in [0.5, 0.6) is 5.75 Å². The summed E-state index contributed by atoms with van der Waals surface area (Å²) in [4.78, 5) is 14.2. The molecule has 5 aromatic rings. The molecule has 2 saturated heterocycles. The van der Waals surface area contributed by atoms with Crippen molar-refractivity contribution in [1.29, 1.82) is 0 Å². The fourth-order valence-electron chi connectivity index (χ4n) is 7.08. The van der Waals surface area contributed by atoms with Gasteiger partial charge in [-0.3, -0.25) is 0 Å². The van der Waals surface area contributed by atoms with E-state index in [1.807, 2.05) is 115 Å². The quantitative estimate of drug-likeness (QED) is 0.0980. The number of benzene rings is 5. The smallest absolute Gasteiger partial charge is 0.409 e. The highest BCUT2D eigenvalue weighted by Gasteiger charge is 2.49. The van der Waals surface area contributed by atoms with E-state index in [0.717, 1.165) is 52.2 Å². The summed E-state index contributed by atoms with van der Waals surface area (Å²) in [6.45, 7) is 2.18. The normalized spacial score (nSPS) is 21.9. The Kier molecular flexibility index (Phi) is 14.3. The van der Waals surface area contributed by atoms with Crippen molar-refractivity contribution >= 4 is 17.7 Å². The lowest BCUT2D eigenvalue weighted by atomic mass is 9.89. The monoisotopic (exact) mass is 791 g/mol. The molecule has 2 aliphatic heterocycles. The summed E-state index contributed by atoms with van der Waals surface area (Å²) < 4.78 is 44.9. The molecule has 0 unspecified atom stereocenters. The Balaban J connectivity index is 1.23. The van der Waals surface area contributed by atoms with E-state index in [0.29, 0.717) is 31.3 Å². The SMILES string of the molecule is CN(C)C(=O)OC[C@H]1O[C@@H](c2ccc(Cl)c(Cc3ccc(O[C@@H]4CCOC4)cc3)c2)[C@H](OCc2ccccc2)[C@@H](OCc2ccccc2)[C@@H]1OCc1ccccc1. The van der Waals surface area contributed by atoms with Gasteiger partial charge in [-0.05, 0) is 58.0 Å². The average molecular weight is 792 g/mol. The van der Waals surface area contributed by atoms with E-state index in [4.69, 9.17) is 44.8 Å². The molecule has 0 aliphatic carbocycles. The number of rotatable bonds is 16. The van der Waals surface area contributed by atoms with Crippen molar-refractivity contribution < 1.29 is 38.0 Å². The molecule has 9 nitrogen and oxygen atoms in total. The van der Waals surface area contributed by atoms with Crippen molar-refractivity contribution in [3.63, 3.8) is 0 Å². The van der Waals surface area contributed by atoms with E-state index in [9.17, 15) is 4.79 Å². The number of carbonyl (C=O) groups excluding carboxylic acids is 1. The largest absolute Gasteiger partial charge is 0.488 e. The molecule has 6 atom stereocenters. The highest BCUT2D eigenvalue weighted by atomic mass is 35.5. The maximum Gasteiger partial charge on any atom is 0.409 e. The van der Waals surface area contributed by atoms with Gasteiger partial charge in [-0.25, -0.2) is 4.79 Å². The van der Waals surface area contributed by atoms with Gasteiger partial charge in [0.1, 0.15) is 49.0 Å². The number of carbonyl (C=O) groups is 1. The van der Waals surface area contributed by atoms with Gasteiger partial charge in [0.25, 0.3) is 0 Å². The number of hydrogen-bond donors (Lipinski definition) is 0. The predicted octanol–water partition coefficient (Wildman–Crippen LogP) is 8.99. The molecule has 0 radical (unpaired) electrons. The summed E-state index contributed by atoms with van der Waals surface area (Å²) in [5, 5.41) is 0.636. The Bertz CT molecular complexity index is 1980. The van der Waals surface area contributed by atoms with Crippen LogP contribution in [-0.4, -0.2) is 75.4 Å². The van der Waals surface area contributed by atoms with Crippen molar-refractivity contribution in [3.8, 4) is 5.75 Å². The van der Waals surface area contributed by atoms with Crippen LogP contribution in [0.2, 0.25) is 5.02 Å². The Morgan fingerprint density at radius 3 is 1.84 bits per heavy atom. The zero-order valence-electron chi connectivity index (χ0n) is 32.4. The number of halogens is 1. The van der Waals surface area contributed by atoms with Crippen LogP contribution in [0, 0.1) is 0 Å². The standard InChI is InChI=1S/C47H50ClNO8/c1-49(2)47(50)55-32-42-44(52-28-34-12-6-3-7-13-34)46(54-30-36-16-10-5-11-17-36)45(53-29-35-14-8-4-9-15-35)43(57-42)37-20-23-41(48)38(27-37)26-33-18-21-39(22-19-33)56-40-24-25-51-31-40/h3-23,27,40,42-46H,24-26,28-32H2,1-2H3/t40-,42-,43+,44-,45+,46+/m1/s1. The van der Waals surface area contributed by atoms with Gasteiger partial charge in [0, 0.05) is 25.5 Å². The fraction of sp³-hybridized carbons (Fsp3) is 0.340. The fourth-order valence-corrected chi connectivity index (χ4v) is 7.27. The molecule has 2 aliphatic rings. The van der Waals surface area contributed by atoms with Crippen LogP contribution in [0.15, 0.2) is 133 Å². The van der Waals surface area contributed by atoms with Crippen molar-refractivity contribution in [3.05, 3.63) is 172 Å². The molecule has 0 spiro atoms. The third-order valence-corrected chi connectivity index (χ3v) is 10.5. The molecule has 0 saturated carbocycles. The van der Waals surface area contributed by atoms with Crippen molar-refractivity contribution in [2.75, 3.05) is 33.9 Å². The second-order valence-electron chi connectivity index (χ2n) is 14.6. The van der Waals surface area contributed by atoms with Gasteiger partial charge < -0.3 is 38.1 Å². The van der Waals surface area contributed by atoms with Crippen LogP contribution >= 0.6 is 11.6 Å². The molecule has 7 rings (SSSR count). The van der Waals surface area contributed by atoms with E-state index >= 15 is 0 Å². The number of amides is 1. The van der Waals surface area contributed by atoms with Gasteiger partial charge in [-0.15, -0.1) is 0 Å². The summed E-state index contributed by atoms with van der Waals surface area (Å²) >= 11 is 6.90. The maximum atomic E-state index is 12.8. The zero-order valence-corrected chi connectivity index (χ0v) is 33.2. The summed E-state index contributed by atoms with van der Waals surface area (Å²) in [6.07, 6.45) is -2.24. The van der Waals surface area contributed by atoms with Crippen molar-refractivity contribution in [2.24, 2.45) is 0 Å². The molecular formula is C47H50ClNO8. The summed E-state index contributed by atoms with van der Waals surface area (Å²) in [6, 6.07) is 44.0. The van der Waals surface area contributed by atoms with Gasteiger partial charge in [0.15, 0.2) is 0 Å². The molecular weight excluding hydrogens is 742 g/mol. The second-order valence-corrected chi connectivity index (χ2v) is 15.0. The third kappa shape index (κ3) is 11.2. The van der Waals surface area contributed by atoms with Gasteiger partial charge in [0.05, 0.1) is 33.0 Å². The first kappa shape index (κ1) is 40.5. The lowest BCUT2D eigenvalue weighted by Crippen LogP contribution is -2.58. The first-order valence-corrected chi connectivity index (χ1v) is 19.8. The van der Waals surface area contributed by atoms with Gasteiger partial charge in [-0.2, -0.15) is 0 Å². The van der Waals surface area contributed by atoms with Crippen LogP contribution in [0.3, 0.4) is 0 Å². The van der Waals surface area contributed by atoms with E-state index in [-0.39, 0.29) is 19.3 Å². The number of hydrogen-bond acceptors (Lipinski definition) is 8. The van der Waals surface area contributed by atoms with E-state index < -0.39 is 36.6 Å². The van der Waals surface area contributed by atoms with E-state index in [2.05, 4.69) is 18.2 Å². The topological polar surface area (TPSA) is 84.9 Å². The number of nitrogens with zero attached hydrogens (tertiary/aromatic N) is 1. The minimum atomic E-state index is -0.711. The van der Waals surface area contributed by atoms with E-state index in [1.54, 1.807) is 14.1 Å². The predicted molar refractivity (Wildman–Crippen MR) is 218 cm³/mol. The molecule has 298 valence electrons. The van der Waals surface area contributed by atoms with Gasteiger partial charge in [-0.1, -0.05) is 127 Å². The summed E-state index contributed by atoms with van der Waals surface area (Å²) in [5.41, 5.74) is 5.86. The minimum absolute atomic E-state index is 0.0641. The lowest BCUT2D eigenvalue weighted by molar-refractivity contribution is -0.272. The molecule has 5 aromatic carbocycles. The van der Waals surface area contributed by atoms with Crippen LogP contribution in [0.1, 0.15) is 45.9 Å². The van der Waals surface area contributed by atoms with Crippen molar-refractivity contribution in [1.82, 2.24) is 4.90 Å². The molecule has 57 heavy (non-hydrogen) atoms. The number of ether oxygens (including phenoxy) is 7. The molecule has 0 bridgehead atoms. The lowest BCUT2D eigenvalue weighted by Gasteiger charge is -2.46. The Hall–Kier alpha value is -4.74. The third-order valence-electron chi connectivity index (χ3n) is 10.1. The van der Waals surface area contributed by atoms with Crippen molar-refractivity contribution in [2.45, 2.75) is 69.3 Å². The second kappa shape index (κ2) is 20.1. The van der Waals surface area contributed by atoms with Gasteiger partial charge >= 0.3 is 6.09 Å². The molecule has 0 aromatic heterocycles. The highest BCUT2D eigenvalue weighted by Crippen LogP contribution is 2.40. The van der Waals surface area contributed by atoms with Crippen LogP contribution < -0.4 is 4.74 Å². The molecule has 2 heterocycles. The Morgan fingerprint density at radius 1 is 0.702 bits per heavy atom. The van der Waals surface area contributed by atoms with Crippen LogP contribution in [0.4, 0.5) is 4.79 Å². The minimum Gasteiger partial charge on any atom is -0.488 e. The highest BCUT2D eigenvalue weighted by molar-refractivity contribution is 6.31. The van der Waals surface area contributed by atoms with E-state index in [1.165, 1.54) is 4.90 Å². The van der Waals surface area contributed by atoms with Crippen LogP contribution in [0.25, 0.3) is 0 Å². The molecule has 2 fully saturated rings. The van der Waals surface area contributed by atoms with Crippen LogP contribution in [-0.2, 0) is 54.7 Å². The van der Waals surface area contributed by atoms with Gasteiger partial charge in [0.2, 0.25) is 0 Å². The molecule has 10 heteroatoms. The first-order chi connectivity index (χ1) is 27.9. The summed E-state index contributed by atoms with van der Waals surface area (Å²) in [5.74, 6) is 0.815. The summed E-state index contributed by atoms with van der Waals surface area (Å²) in [7, 11) is 3.30. The zero-order chi connectivity index (χ0) is 39.4. The first-order valence-electron chi connectivity index (χ1n) is 19.5. The maximum absolute atomic E-state index is 12.8.